The van der Waals surface area contributed by atoms with Crippen molar-refractivity contribution in [3.63, 3.8) is 0 Å². The Hall–Kier alpha value is -1.67. The second-order valence-corrected chi connectivity index (χ2v) is 11.9. The Bertz CT molecular complexity index is 869. The van der Waals surface area contributed by atoms with Crippen molar-refractivity contribution < 1.29 is 19.1 Å². The number of anilines is 2. The Labute approximate surface area is 217 Å². The normalized spacial score (nSPS) is 20.5. The Kier molecular flexibility index (Phi) is 10.7. The average Bonchev–Trinajstić information content (AvgIpc) is 3.49. The van der Waals surface area contributed by atoms with E-state index in [1.807, 2.05) is 0 Å². The van der Waals surface area contributed by atoms with Crippen molar-refractivity contribution in [3.05, 3.63) is 10.0 Å². The van der Waals surface area contributed by atoms with Crippen molar-refractivity contribution in [1.29, 1.82) is 0 Å². The van der Waals surface area contributed by atoms with Gasteiger partial charge in [0, 0.05) is 26.1 Å². The van der Waals surface area contributed by atoms with Crippen LogP contribution in [-0.2, 0) is 31.9 Å². The summed E-state index contributed by atoms with van der Waals surface area (Å²) in [6.07, 6.45) is 8.63. The number of nitrogens with one attached hydrogen (secondary N) is 2. The molecule has 0 aliphatic carbocycles. The molecule has 2 aromatic heterocycles. The number of carbonyl (C=O) groups excluding carboxylic acids is 2. The zero-order chi connectivity index (χ0) is 24.3. The summed E-state index contributed by atoms with van der Waals surface area (Å²) in [5, 5.41) is 25.1. The molecule has 4 heterocycles. The molecule has 4 rings (SSSR count). The van der Waals surface area contributed by atoms with Gasteiger partial charge >= 0.3 is 0 Å². The molecule has 2 atom stereocenters. The SMILES string of the molecule is O=C(CC1CCCCO1)Nc1nnc(CCSCCc2nnc(NC(=O)CC3CCCCO3)s2)s1. The van der Waals surface area contributed by atoms with Crippen molar-refractivity contribution >= 4 is 56.5 Å². The van der Waals surface area contributed by atoms with Gasteiger partial charge in [0.1, 0.15) is 10.0 Å². The molecule has 2 N–H and O–H groups in total. The number of hydrogen-bond acceptors (Lipinski definition) is 11. The van der Waals surface area contributed by atoms with Crippen LogP contribution in [0.15, 0.2) is 0 Å². The number of amides is 2. The lowest BCUT2D eigenvalue weighted by Crippen LogP contribution is -2.25. The first-order chi connectivity index (χ1) is 17.1. The Balaban J connectivity index is 1.08. The van der Waals surface area contributed by atoms with Crippen LogP contribution in [0.3, 0.4) is 0 Å². The highest BCUT2D eigenvalue weighted by Crippen LogP contribution is 2.22. The zero-order valence-corrected chi connectivity index (χ0v) is 22.2. The third-order valence-electron chi connectivity index (χ3n) is 5.72. The molecule has 0 spiro atoms. The first-order valence-electron chi connectivity index (χ1n) is 12.2. The van der Waals surface area contributed by atoms with Gasteiger partial charge in [-0.2, -0.15) is 11.8 Å². The number of aryl methyl sites for hydroxylation is 2. The van der Waals surface area contributed by atoms with Crippen LogP contribution < -0.4 is 10.6 Å². The third kappa shape index (κ3) is 9.37. The van der Waals surface area contributed by atoms with Crippen LogP contribution in [0, 0.1) is 0 Å². The topological polar surface area (TPSA) is 128 Å². The highest BCUT2D eigenvalue weighted by molar-refractivity contribution is 7.99. The van der Waals surface area contributed by atoms with Gasteiger partial charge in [-0.3, -0.25) is 9.59 Å². The smallest absolute Gasteiger partial charge is 0.228 e. The first-order valence-corrected chi connectivity index (χ1v) is 15.0. The van der Waals surface area contributed by atoms with E-state index in [0.717, 1.165) is 86.1 Å². The molecule has 10 nitrogen and oxygen atoms in total. The number of carbonyl (C=O) groups is 2. The summed E-state index contributed by atoms with van der Waals surface area (Å²) in [5.74, 6) is 1.68. The van der Waals surface area contributed by atoms with Crippen molar-refractivity contribution in [3.8, 4) is 0 Å². The molecular formula is C22H32N6O4S3. The van der Waals surface area contributed by atoms with E-state index >= 15 is 0 Å². The number of rotatable bonds is 12. The number of thioether (sulfide) groups is 1. The molecule has 2 saturated heterocycles. The summed E-state index contributed by atoms with van der Waals surface area (Å²) in [5.41, 5.74) is 0. The molecule has 0 bridgehead atoms. The molecule has 0 radical (unpaired) electrons. The van der Waals surface area contributed by atoms with Gasteiger partial charge in [-0.1, -0.05) is 22.7 Å². The van der Waals surface area contributed by atoms with Gasteiger partial charge in [-0.25, -0.2) is 0 Å². The van der Waals surface area contributed by atoms with Gasteiger partial charge in [0.25, 0.3) is 0 Å². The van der Waals surface area contributed by atoms with Crippen LogP contribution in [0.2, 0.25) is 0 Å². The van der Waals surface area contributed by atoms with Gasteiger partial charge in [-0.15, -0.1) is 20.4 Å². The van der Waals surface area contributed by atoms with Crippen molar-refractivity contribution in [2.75, 3.05) is 35.4 Å². The van der Waals surface area contributed by atoms with E-state index in [9.17, 15) is 9.59 Å². The maximum absolute atomic E-state index is 12.2. The summed E-state index contributed by atoms with van der Waals surface area (Å²) in [7, 11) is 0. The summed E-state index contributed by atoms with van der Waals surface area (Å²) in [6, 6.07) is 0. The molecule has 2 aliphatic heterocycles. The Morgan fingerprint density at radius 1 is 0.771 bits per heavy atom. The molecule has 0 aromatic carbocycles. The fourth-order valence-corrected chi connectivity index (χ4v) is 6.57. The third-order valence-corrected chi connectivity index (χ3v) is 8.50. The second kappa shape index (κ2) is 14.2. The molecule has 2 fully saturated rings. The number of aromatic nitrogens is 4. The van der Waals surface area contributed by atoms with Crippen molar-refractivity contribution in [1.82, 2.24) is 20.4 Å². The van der Waals surface area contributed by atoms with E-state index in [1.165, 1.54) is 22.7 Å². The minimum absolute atomic E-state index is 0.0177. The number of nitrogens with zero attached hydrogens (tertiary/aromatic N) is 4. The van der Waals surface area contributed by atoms with Crippen LogP contribution in [0.5, 0.6) is 0 Å². The zero-order valence-electron chi connectivity index (χ0n) is 19.7. The second-order valence-electron chi connectivity index (χ2n) is 8.60. The van der Waals surface area contributed by atoms with E-state index in [2.05, 4.69) is 31.0 Å². The molecule has 2 amide bonds. The van der Waals surface area contributed by atoms with E-state index in [1.54, 1.807) is 11.8 Å². The number of hydrogen-bond donors (Lipinski definition) is 2. The van der Waals surface area contributed by atoms with Gasteiger partial charge < -0.3 is 20.1 Å². The van der Waals surface area contributed by atoms with Gasteiger partial charge in [0.15, 0.2) is 0 Å². The molecule has 2 unspecified atom stereocenters. The Morgan fingerprint density at radius 3 is 1.69 bits per heavy atom. The van der Waals surface area contributed by atoms with Crippen LogP contribution in [0.25, 0.3) is 0 Å². The average molecular weight is 541 g/mol. The predicted octanol–water partition coefficient (Wildman–Crippen LogP) is 3.70. The lowest BCUT2D eigenvalue weighted by atomic mass is 10.1. The summed E-state index contributed by atoms with van der Waals surface area (Å²) in [4.78, 5) is 24.4. The molecule has 35 heavy (non-hydrogen) atoms. The van der Waals surface area contributed by atoms with E-state index < -0.39 is 0 Å². The summed E-state index contributed by atoms with van der Waals surface area (Å²) >= 11 is 4.65. The van der Waals surface area contributed by atoms with E-state index in [4.69, 9.17) is 9.47 Å². The van der Waals surface area contributed by atoms with Gasteiger partial charge in [0.2, 0.25) is 22.1 Å². The van der Waals surface area contributed by atoms with Gasteiger partial charge in [-0.05, 0) is 50.0 Å². The standard InChI is InChI=1S/C22H32N6O4S3/c29-17(13-15-5-1-3-9-31-15)23-21-27-25-19(34-21)7-11-33-12-8-20-26-28-22(35-20)24-18(30)14-16-6-2-4-10-32-16/h15-16H,1-14H2,(H,23,27,29)(H,24,28,30). The van der Waals surface area contributed by atoms with Crippen molar-refractivity contribution in [2.45, 2.75) is 76.4 Å². The predicted molar refractivity (Wildman–Crippen MR) is 138 cm³/mol. The fourth-order valence-electron chi connectivity index (χ4n) is 3.92. The van der Waals surface area contributed by atoms with E-state index in [-0.39, 0.29) is 24.0 Å². The van der Waals surface area contributed by atoms with Crippen LogP contribution in [-0.4, -0.2) is 69.1 Å². The number of ether oxygens (including phenoxy) is 2. The quantitative estimate of drug-likeness (QED) is 0.387. The van der Waals surface area contributed by atoms with E-state index in [0.29, 0.717) is 23.1 Å². The fraction of sp³-hybridized carbons (Fsp3) is 0.727. The Morgan fingerprint density at radius 2 is 1.26 bits per heavy atom. The molecule has 2 aliphatic rings. The first kappa shape index (κ1) is 26.4. The minimum Gasteiger partial charge on any atom is -0.378 e. The summed E-state index contributed by atoms with van der Waals surface area (Å²) in [6.45, 7) is 1.48. The molecule has 192 valence electrons. The lowest BCUT2D eigenvalue weighted by molar-refractivity contribution is -0.120. The lowest BCUT2D eigenvalue weighted by Gasteiger charge is -2.21. The highest BCUT2D eigenvalue weighted by atomic mass is 32.2. The van der Waals surface area contributed by atoms with Gasteiger partial charge in [0.05, 0.1) is 25.0 Å². The maximum Gasteiger partial charge on any atom is 0.228 e. The largest absolute Gasteiger partial charge is 0.378 e. The maximum atomic E-state index is 12.2. The highest BCUT2D eigenvalue weighted by Gasteiger charge is 2.20. The monoisotopic (exact) mass is 540 g/mol. The molecule has 0 saturated carbocycles. The molecular weight excluding hydrogens is 508 g/mol. The minimum atomic E-state index is -0.0658. The van der Waals surface area contributed by atoms with Crippen molar-refractivity contribution in [2.24, 2.45) is 0 Å². The van der Waals surface area contributed by atoms with Crippen LogP contribution >= 0.6 is 34.4 Å². The molecule has 13 heteroatoms. The molecule has 2 aromatic rings. The van der Waals surface area contributed by atoms with Crippen LogP contribution in [0.1, 0.15) is 61.4 Å². The van der Waals surface area contributed by atoms with Crippen LogP contribution in [0.4, 0.5) is 10.3 Å². The summed E-state index contributed by atoms with van der Waals surface area (Å²) < 4.78 is 11.2.